The Labute approximate surface area is 118 Å². The molecule has 0 fully saturated rings. The third-order valence-electron chi connectivity index (χ3n) is 1.97. The van der Waals surface area contributed by atoms with Crippen LogP contribution in [0.3, 0.4) is 0 Å². The highest BCUT2D eigenvalue weighted by molar-refractivity contribution is 9.13. The fourth-order valence-electron chi connectivity index (χ4n) is 1.25. The molecular formula is C11H6Br2O3S. The molecule has 0 aromatic carbocycles. The summed E-state index contributed by atoms with van der Waals surface area (Å²) in [6.07, 6.45) is 1.50. The van der Waals surface area contributed by atoms with Crippen molar-refractivity contribution in [3.63, 3.8) is 0 Å². The smallest absolute Gasteiger partial charge is 0.337 e. The van der Waals surface area contributed by atoms with E-state index in [2.05, 4.69) is 31.9 Å². The average molecular weight is 378 g/mol. The molecule has 0 bridgehead atoms. The molecule has 2 heterocycles. The minimum Gasteiger partial charge on any atom is -0.478 e. The van der Waals surface area contributed by atoms with Crippen LogP contribution in [0.4, 0.5) is 0 Å². The van der Waals surface area contributed by atoms with E-state index in [1.165, 1.54) is 17.4 Å². The summed E-state index contributed by atoms with van der Waals surface area (Å²) in [6.45, 7) is 0. The lowest BCUT2D eigenvalue weighted by molar-refractivity contribution is -0.130. The number of furan rings is 1. The first-order chi connectivity index (χ1) is 8.08. The van der Waals surface area contributed by atoms with Crippen molar-refractivity contribution in [1.29, 1.82) is 0 Å². The summed E-state index contributed by atoms with van der Waals surface area (Å²) in [6, 6.07) is 5.28. The number of halogens is 2. The number of hydrogen-bond acceptors (Lipinski definition) is 3. The second-order valence-corrected chi connectivity index (χ2v) is 5.63. The van der Waals surface area contributed by atoms with Crippen molar-refractivity contribution >= 4 is 60.8 Å². The van der Waals surface area contributed by atoms with Gasteiger partial charge in [-0.1, -0.05) is 6.07 Å². The Morgan fingerprint density at radius 3 is 2.71 bits per heavy atom. The van der Waals surface area contributed by atoms with Crippen molar-refractivity contribution in [3.05, 3.63) is 43.4 Å². The van der Waals surface area contributed by atoms with Crippen molar-refractivity contribution in [2.24, 2.45) is 0 Å². The van der Waals surface area contributed by atoms with Gasteiger partial charge in [-0.05, 0) is 55.4 Å². The molecule has 0 radical (unpaired) electrons. The molecule has 0 aliphatic carbocycles. The zero-order chi connectivity index (χ0) is 12.4. The Hall–Kier alpha value is -0.850. The number of aliphatic carboxylic acids is 1. The van der Waals surface area contributed by atoms with Gasteiger partial charge in [0.25, 0.3) is 0 Å². The van der Waals surface area contributed by atoms with Gasteiger partial charge >= 0.3 is 5.97 Å². The highest BCUT2D eigenvalue weighted by atomic mass is 79.9. The van der Waals surface area contributed by atoms with Gasteiger partial charge in [0.2, 0.25) is 0 Å². The maximum atomic E-state index is 11.2. The Kier molecular flexibility index (Phi) is 3.86. The molecule has 0 aliphatic heterocycles. The van der Waals surface area contributed by atoms with Gasteiger partial charge in [-0.25, -0.2) is 4.79 Å². The highest BCUT2D eigenvalue weighted by Crippen LogP contribution is 2.30. The first-order valence-electron chi connectivity index (χ1n) is 4.51. The van der Waals surface area contributed by atoms with Gasteiger partial charge in [-0.2, -0.15) is 0 Å². The molecule has 0 saturated carbocycles. The molecule has 6 heteroatoms. The average Bonchev–Trinajstić information content (AvgIpc) is 2.86. The zero-order valence-electron chi connectivity index (χ0n) is 8.31. The predicted molar refractivity (Wildman–Crippen MR) is 73.9 cm³/mol. The zero-order valence-corrected chi connectivity index (χ0v) is 12.3. The Balaban J connectivity index is 2.44. The number of carbonyl (C=O) groups is 1. The lowest BCUT2D eigenvalue weighted by Crippen LogP contribution is -1.97. The second kappa shape index (κ2) is 5.20. The van der Waals surface area contributed by atoms with E-state index in [9.17, 15) is 4.79 Å². The molecule has 2 aromatic heterocycles. The summed E-state index contributed by atoms with van der Waals surface area (Å²) >= 11 is 7.86. The molecule has 0 spiro atoms. The highest BCUT2D eigenvalue weighted by Gasteiger charge is 2.13. The third kappa shape index (κ3) is 2.88. The maximum absolute atomic E-state index is 11.2. The topological polar surface area (TPSA) is 50.4 Å². The summed E-state index contributed by atoms with van der Waals surface area (Å²) in [5.74, 6) is -0.495. The molecule has 3 nitrogen and oxygen atoms in total. The van der Waals surface area contributed by atoms with Gasteiger partial charge in [-0.3, -0.25) is 0 Å². The predicted octanol–water partition coefficient (Wildman–Crippen LogP) is 4.49. The summed E-state index contributed by atoms with van der Waals surface area (Å²) in [5, 5.41) is 11.0. The molecular weight excluding hydrogens is 372 g/mol. The largest absolute Gasteiger partial charge is 0.478 e. The van der Waals surface area contributed by atoms with E-state index < -0.39 is 5.97 Å². The lowest BCUT2D eigenvalue weighted by Gasteiger charge is -1.96. The first kappa shape index (κ1) is 12.6. The van der Waals surface area contributed by atoms with Gasteiger partial charge in [0.05, 0.1) is 10.0 Å². The molecule has 0 unspecified atom stereocenters. The van der Waals surface area contributed by atoms with Crippen LogP contribution in [0.1, 0.15) is 10.6 Å². The van der Waals surface area contributed by atoms with Gasteiger partial charge in [-0.15, -0.1) is 11.3 Å². The van der Waals surface area contributed by atoms with Gasteiger partial charge < -0.3 is 9.52 Å². The Morgan fingerprint density at radius 2 is 2.24 bits per heavy atom. The maximum Gasteiger partial charge on any atom is 0.337 e. The molecule has 0 amide bonds. The molecule has 0 saturated heterocycles. The van der Waals surface area contributed by atoms with Gasteiger partial charge in [0, 0.05) is 4.88 Å². The van der Waals surface area contributed by atoms with E-state index in [0.29, 0.717) is 15.3 Å². The van der Waals surface area contributed by atoms with Gasteiger partial charge in [0.15, 0.2) is 4.67 Å². The molecule has 0 atom stereocenters. The van der Waals surface area contributed by atoms with E-state index in [0.717, 1.165) is 4.47 Å². The van der Waals surface area contributed by atoms with Crippen molar-refractivity contribution in [1.82, 2.24) is 0 Å². The van der Waals surface area contributed by atoms with E-state index in [1.54, 1.807) is 12.1 Å². The van der Waals surface area contributed by atoms with E-state index >= 15 is 0 Å². The second-order valence-electron chi connectivity index (χ2n) is 3.11. The van der Waals surface area contributed by atoms with Crippen LogP contribution in [0, 0.1) is 0 Å². The number of carboxylic acids is 1. The quantitative estimate of drug-likeness (QED) is 0.801. The van der Waals surface area contributed by atoms with Crippen molar-refractivity contribution in [2.45, 2.75) is 0 Å². The van der Waals surface area contributed by atoms with Crippen LogP contribution in [0.25, 0.3) is 11.6 Å². The van der Waals surface area contributed by atoms with Crippen LogP contribution in [0.2, 0.25) is 0 Å². The monoisotopic (exact) mass is 376 g/mol. The number of rotatable bonds is 3. The molecule has 2 rings (SSSR count). The standard InChI is InChI=1S/C11H6Br2O3S/c12-8-5-6(16-10(8)13)4-7(11(14)15)9-2-1-3-17-9/h1-5H,(H,14,15). The molecule has 1 N–H and O–H groups in total. The summed E-state index contributed by atoms with van der Waals surface area (Å²) in [7, 11) is 0. The van der Waals surface area contributed by atoms with Crippen molar-refractivity contribution in [3.8, 4) is 0 Å². The van der Waals surface area contributed by atoms with Crippen LogP contribution in [0.5, 0.6) is 0 Å². The molecule has 2 aromatic rings. The van der Waals surface area contributed by atoms with Crippen LogP contribution in [0.15, 0.2) is 37.1 Å². The SMILES string of the molecule is O=C(O)C(=Cc1cc(Br)c(Br)o1)c1cccs1. The van der Waals surface area contributed by atoms with Crippen LogP contribution in [-0.2, 0) is 4.79 Å². The first-order valence-corrected chi connectivity index (χ1v) is 6.98. The normalized spacial score (nSPS) is 11.8. The fourth-order valence-corrected chi connectivity index (χ4v) is 2.59. The Bertz CT molecular complexity index is 550. The van der Waals surface area contributed by atoms with Crippen molar-refractivity contribution < 1.29 is 14.3 Å². The number of hydrogen-bond donors (Lipinski definition) is 1. The van der Waals surface area contributed by atoms with E-state index in [1.807, 2.05) is 11.4 Å². The number of thiophene rings is 1. The number of carboxylic acid groups (broad SMARTS) is 1. The lowest BCUT2D eigenvalue weighted by atomic mass is 10.2. The van der Waals surface area contributed by atoms with E-state index in [-0.39, 0.29) is 5.57 Å². The van der Waals surface area contributed by atoms with Crippen molar-refractivity contribution in [2.75, 3.05) is 0 Å². The van der Waals surface area contributed by atoms with Gasteiger partial charge in [0.1, 0.15) is 5.76 Å². The summed E-state index contributed by atoms with van der Waals surface area (Å²) in [5.41, 5.74) is 0.216. The summed E-state index contributed by atoms with van der Waals surface area (Å²) < 4.78 is 6.62. The minimum absolute atomic E-state index is 0.216. The summed E-state index contributed by atoms with van der Waals surface area (Å²) in [4.78, 5) is 11.9. The Morgan fingerprint density at radius 1 is 1.47 bits per heavy atom. The molecule has 17 heavy (non-hydrogen) atoms. The van der Waals surface area contributed by atoms with Crippen LogP contribution >= 0.6 is 43.2 Å². The molecule has 88 valence electrons. The fraction of sp³-hybridized carbons (Fsp3) is 0. The third-order valence-corrected chi connectivity index (χ3v) is 4.58. The van der Waals surface area contributed by atoms with Crippen LogP contribution < -0.4 is 0 Å². The van der Waals surface area contributed by atoms with E-state index in [4.69, 9.17) is 9.52 Å². The van der Waals surface area contributed by atoms with Crippen LogP contribution in [-0.4, -0.2) is 11.1 Å². The minimum atomic E-state index is -0.976. The molecule has 0 aliphatic rings.